The molecule has 0 aliphatic rings. The fraction of sp³-hybridized carbons (Fsp3) is 0.531. The van der Waals surface area contributed by atoms with E-state index in [1.165, 1.54) is 0 Å². The smallest absolute Gasteiger partial charge is 0.408 e. The molecule has 40 heavy (non-hydrogen) atoms. The molecule has 2 N–H and O–H groups in total. The van der Waals surface area contributed by atoms with Crippen molar-refractivity contribution in [2.75, 3.05) is 11.9 Å². The minimum absolute atomic E-state index is 0.245. The Morgan fingerprint density at radius 2 is 1.62 bits per heavy atom. The van der Waals surface area contributed by atoms with Gasteiger partial charge in [-0.3, -0.25) is 9.59 Å². The molecule has 0 radical (unpaired) electrons. The lowest BCUT2D eigenvalue weighted by atomic mass is 9.97. The minimum atomic E-state index is -0.938. The summed E-state index contributed by atoms with van der Waals surface area (Å²) in [5.41, 5.74) is 2.33. The third kappa shape index (κ3) is 9.84. The van der Waals surface area contributed by atoms with Gasteiger partial charge in [0.15, 0.2) is 0 Å². The number of para-hydroxylation sites is 1. The fourth-order valence-corrected chi connectivity index (χ4v) is 4.67. The number of alkyl carbamates (subject to hydrolysis) is 1. The van der Waals surface area contributed by atoms with Crippen molar-refractivity contribution in [1.82, 2.24) is 10.2 Å². The van der Waals surface area contributed by atoms with Gasteiger partial charge in [-0.1, -0.05) is 93.6 Å². The number of hydrogen-bond acceptors (Lipinski definition) is 4. The Morgan fingerprint density at radius 3 is 2.17 bits per heavy atom. The van der Waals surface area contributed by atoms with Crippen LogP contribution in [0.15, 0.2) is 42.5 Å². The molecule has 220 valence electrons. The normalized spacial score (nSPS) is 12.9. The molecule has 2 aromatic rings. The van der Waals surface area contributed by atoms with Crippen molar-refractivity contribution in [3.8, 4) is 0 Å². The lowest BCUT2D eigenvalue weighted by Crippen LogP contribution is -2.54. The second-order valence-electron chi connectivity index (χ2n) is 11.7. The Hall–Kier alpha value is -3.06. The Bertz CT molecular complexity index is 1120. The average molecular weight is 572 g/mol. The molecule has 0 fully saturated rings. The van der Waals surface area contributed by atoms with E-state index in [1.54, 1.807) is 31.7 Å². The van der Waals surface area contributed by atoms with Crippen LogP contribution in [0.4, 0.5) is 10.5 Å². The van der Waals surface area contributed by atoms with E-state index < -0.39 is 23.8 Å². The molecule has 2 unspecified atom stereocenters. The molecule has 2 rings (SSSR count). The molecular formula is C32H46ClN3O4. The van der Waals surface area contributed by atoms with Gasteiger partial charge in [0.05, 0.1) is 10.7 Å². The first kappa shape index (κ1) is 33.1. The summed E-state index contributed by atoms with van der Waals surface area (Å²) in [5, 5.41) is 6.18. The van der Waals surface area contributed by atoms with E-state index in [9.17, 15) is 14.4 Å². The van der Waals surface area contributed by atoms with E-state index in [0.717, 1.165) is 36.8 Å². The second kappa shape index (κ2) is 15.1. The highest BCUT2D eigenvalue weighted by molar-refractivity contribution is 6.34. The maximum atomic E-state index is 14.3. The van der Waals surface area contributed by atoms with Crippen molar-refractivity contribution in [3.63, 3.8) is 0 Å². The van der Waals surface area contributed by atoms with E-state index in [-0.39, 0.29) is 17.7 Å². The number of benzene rings is 2. The van der Waals surface area contributed by atoms with Crippen LogP contribution < -0.4 is 10.6 Å². The molecule has 2 aromatic carbocycles. The van der Waals surface area contributed by atoms with Crippen LogP contribution in [0, 0.1) is 19.8 Å². The first-order valence-corrected chi connectivity index (χ1v) is 14.6. The van der Waals surface area contributed by atoms with Crippen LogP contribution in [0.5, 0.6) is 0 Å². The summed E-state index contributed by atoms with van der Waals surface area (Å²) in [6.07, 6.45) is 3.02. The average Bonchev–Trinajstić information content (AvgIpc) is 2.86. The number of carbonyl (C=O) groups excluding carboxylic acids is 3. The molecule has 0 aliphatic carbocycles. The summed E-state index contributed by atoms with van der Waals surface area (Å²) in [6, 6.07) is 11.2. The molecule has 2 atom stereocenters. The van der Waals surface area contributed by atoms with Gasteiger partial charge in [-0.2, -0.15) is 0 Å². The fourth-order valence-electron chi connectivity index (χ4n) is 4.41. The lowest BCUT2D eigenvalue weighted by Gasteiger charge is -2.36. The third-order valence-electron chi connectivity index (χ3n) is 6.56. The van der Waals surface area contributed by atoms with Crippen LogP contribution in [0.2, 0.25) is 5.02 Å². The molecule has 0 heterocycles. The molecule has 0 spiro atoms. The van der Waals surface area contributed by atoms with Crippen LogP contribution >= 0.6 is 11.6 Å². The van der Waals surface area contributed by atoms with Gasteiger partial charge in [0, 0.05) is 6.54 Å². The minimum Gasteiger partial charge on any atom is -0.444 e. The van der Waals surface area contributed by atoms with E-state index in [2.05, 4.69) is 17.6 Å². The van der Waals surface area contributed by atoms with Crippen molar-refractivity contribution < 1.29 is 19.1 Å². The van der Waals surface area contributed by atoms with E-state index >= 15 is 0 Å². The highest BCUT2D eigenvalue weighted by Gasteiger charge is 2.37. The zero-order valence-corrected chi connectivity index (χ0v) is 26.0. The number of unbranched alkanes of at least 4 members (excludes halogenated alkanes) is 3. The number of carbonyl (C=O) groups is 3. The number of anilines is 1. The summed E-state index contributed by atoms with van der Waals surface area (Å²) in [4.78, 5) is 42.7. The molecule has 7 nitrogen and oxygen atoms in total. The van der Waals surface area contributed by atoms with Gasteiger partial charge < -0.3 is 20.3 Å². The number of amides is 3. The quantitative estimate of drug-likeness (QED) is 0.257. The molecule has 0 saturated carbocycles. The van der Waals surface area contributed by atoms with Crippen molar-refractivity contribution in [2.24, 2.45) is 5.92 Å². The van der Waals surface area contributed by atoms with Gasteiger partial charge in [0.25, 0.3) is 5.91 Å². The third-order valence-corrected chi connectivity index (χ3v) is 6.88. The largest absolute Gasteiger partial charge is 0.444 e. The molecule has 0 saturated heterocycles. The first-order valence-electron chi connectivity index (χ1n) is 14.2. The summed E-state index contributed by atoms with van der Waals surface area (Å²) < 4.78 is 5.46. The van der Waals surface area contributed by atoms with Crippen LogP contribution in [0.3, 0.4) is 0 Å². The van der Waals surface area contributed by atoms with Crippen molar-refractivity contribution in [2.45, 2.75) is 98.8 Å². The summed E-state index contributed by atoms with van der Waals surface area (Å²) in [7, 11) is 0. The predicted molar refractivity (Wildman–Crippen MR) is 163 cm³/mol. The van der Waals surface area contributed by atoms with Gasteiger partial charge in [0.2, 0.25) is 5.91 Å². The number of hydrogen-bond donors (Lipinski definition) is 2. The number of nitrogens with one attached hydrogen (secondary N) is 2. The van der Waals surface area contributed by atoms with Crippen LogP contribution in [-0.2, 0) is 14.3 Å². The van der Waals surface area contributed by atoms with E-state index in [1.807, 2.05) is 64.1 Å². The molecule has 3 amide bonds. The van der Waals surface area contributed by atoms with Gasteiger partial charge >= 0.3 is 6.09 Å². The molecule has 0 bridgehead atoms. The maximum absolute atomic E-state index is 14.3. The zero-order valence-electron chi connectivity index (χ0n) is 25.3. The van der Waals surface area contributed by atoms with Gasteiger partial charge in [0.1, 0.15) is 17.7 Å². The van der Waals surface area contributed by atoms with Crippen molar-refractivity contribution >= 4 is 35.2 Å². The molecule has 0 aliphatic heterocycles. The Morgan fingerprint density at radius 1 is 0.975 bits per heavy atom. The second-order valence-corrected chi connectivity index (χ2v) is 12.1. The van der Waals surface area contributed by atoms with E-state index in [4.69, 9.17) is 16.3 Å². The number of nitrogens with zero attached hydrogens (tertiary/aromatic N) is 1. The Kier molecular flexibility index (Phi) is 12.5. The predicted octanol–water partition coefficient (Wildman–Crippen LogP) is 7.59. The SMILES string of the molecule is CCCCCCN(C(=O)C(NC(=O)OC(C)(C)C)C(C)C)C(C(=O)Nc1c(C)cccc1Cl)c1ccc(C)cc1. The number of rotatable bonds is 12. The summed E-state index contributed by atoms with van der Waals surface area (Å²) in [6.45, 7) is 15.4. The first-order chi connectivity index (χ1) is 18.7. The van der Waals surface area contributed by atoms with Gasteiger partial charge in [-0.05, 0) is 64.2 Å². The monoisotopic (exact) mass is 571 g/mol. The highest BCUT2D eigenvalue weighted by atomic mass is 35.5. The van der Waals surface area contributed by atoms with E-state index in [0.29, 0.717) is 22.8 Å². The Balaban J connectivity index is 2.55. The highest BCUT2D eigenvalue weighted by Crippen LogP contribution is 2.30. The van der Waals surface area contributed by atoms with Gasteiger partial charge in [-0.25, -0.2) is 4.79 Å². The topological polar surface area (TPSA) is 87.7 Å². The standard InChI is InChI=1S/C32H46ClN3O4/c1-9-10-11-12-20-36(30(38)26(21(2)3)35-31(39)40-32(6,7)8)28(24-18-16-22(4)17-19-24)29(37)34-27-23(5)14-13-15-25(27)33/h13-19,21,26,28H,9-12,20H2,1-8H3,(H,34,37)(H,35,39). The number of halogens is 1. The number of ether oxygens (including phenoxy) is 1. The van der Waals surface area contributed by atoms with Crippen LogP contribution in [0.25, 0.3) is 0 Å². The lowest BCUT2D eigenvalue weighted by molar-refractivity contribution is -0.141. The maximum Gasteiger partial charge on any atom is 0.408 e. The molecule has 0 aromatic heterocycles. The molecule has 8 heteroatoms. The van der Waals surface area contributed by atoms with Gasteiger partial charge in [-0.15, -0.1) is 0 Å². The van der Waals surface area contributed by atoms with Crippen LogP contribution in [-0.4, -0.2) is 41.0 Å². The summed E-state index contributed by atoms with van der Waals surface area (Å²) in [5.74, 6) is -0.955. The number of aryl methyl sites for hydroxylation is 2. The van der Waals surface area contributed by atoms with Crippen molar-refractivity contribution in [1.29, 1.82) is 0 Å². The summed E-state index contributed by atoms with van der Waals surface area (Å²) >= 11 is 6.45. The Labute approximate surface area is 245 Å². The zero-order chi connectivity index (χ0) is 30.0. The van der Waals surface area contributed by atoms with Crippen LogP contribution in [0.1, 0.15) is 90.0 Å². The van der Waals surface area contributed by atoms with Crippen molar-refractivity contribution in [3.05, 3.63) is 64.2 Å². The molecular weight excluding hydrogens is 526 g/mol.